The molecule has 1 heterocycles. The molecule has 0 aliphatic heterocycles. The molecule has 5 heteroatoms. The minimum absolute atomic E-state index is 0.189. The number of aromatic nitrogens is 1. The van der Waals surface area contributed by atoms with E-state index in [1.807, 2.05) is 6.07 Å². The van der Waals surface area contributed by atoms with Crippen molar-refractivity contribution in [2.24, 2.45) is 0 Å². The molecule has 0 saturated heterocycles. The van der Waals surface area contributed by atoms with Crippen molar-refractivity contribution in [2.75, 3.05) is 6.26 Å². The van der Waals surface area contributed by atoms with E-state index in [0.717, 1.165) is 12.8 Å². The second kappa shape index (κ2) is 4.83. The molecule has 1 aromatic carbocycles. The van der Waals surface area contributed by atoms with E-state index < -0.39 is 11.2 Å². The van der Waals surface area contributed by atoms with Crippen LogP contribution in [0.1, 0.15) is 40.6 Å². The van der Waals surface area contributed by atoms with Gasteiger partial charge in [0, 0.05) is 11.5 Å². The van der Waals surface area contributed by atoms with Crippen LogP contribution in [0.3, 0.4) is 0 Å². The molecule has 0 bridgehead atoms. The van der Waals surface area contributed by atoms with Gasteiger partial charge in [-0.15, -0.1) is 0 Å². The van der Waals surface area contributed by atoms with Crippen molar-refractivity contribution in [3.63, 3.8) is 0 Å². The Kier molecular flexibility index (Phi) is 3.16. The van der Waals surface area contributed by atoms with Crippen molar-refractivity contribution < 1.29 is 13.9 Å². The van der Waals surface area contributed by atoms with Gasteiger partial charge in [-0.2, -0.15) is 0 Å². The first-order valence-corrected chi connectivity index (χ1v) is 7.67. The average molecular weight is 275 g/mol. The second-order valence-corrected chi connectivity index (χ2v) is 5.96. The molecule has 3 rings (SSSR count). The first-order valence-electron chi connectivity index (χ1n) is 6.11. The minimum atomic E-state index is -1.27. The van der Waals surface area contributed by atoms with Gasteiger partial charge in [-0.3, -0.25) is 4.79 Å². The zero-order valence-electron chi connectivity index (χ0n) is 10.5. The molecule has 1 fully saturated rings. The van der Waals surface area contributed by atoms with Gasteiger partial charge in [-0.25, -0.2) is 0 Å². The van der Waals surface area contributed by atoms with E-state index in [0.29, 0.717) is 16.2 Å². The molecule has 1 aliphatic rings. The quantitative estimate of drug-likeness (QED) is 0.635. The lowest BCUT2D eigenvalue weighted by atomic mass is 10.1. The number of benzene rings is 1. The average Bonchev–Trinajstić information content (AvgIpc) is 3.17. The van der Waals surface area contributed by atoms with Gasteiger partial charge in [0.05, 0.1) is 0 Å². The summed E-state index contributed by atoms with van der Waals surface area (Å²) < 4.78 is 17.1. The Balaban J connectivity index is 2.03. The molecule has 19 heavy (non-hydrogen) atoms. The van der Waals surface area contributed by atoms with Crippen LogP contribution in [0.5, 0.6) is 0 Å². The smallest absolute Gasteiger partial charge is 0.226 e. The SMILES string of the molecule is C[S+]([O-])c1c(C(=O)c2ccccc2)noc1C1CC1. The van der Waals surface area contributed by atoms with Crippen LogP contribution in [0.25, 0.3) is 0 Å². The highest BCUT2D eigenvalue weighted by Gasteiger charge is 2.38. The van der Waals surface area contributed by atoms with Gasteiger partial charge in [0.25, 0.3) is 0 Å². The summed E-state index contributed by atoms with van der Waals surface area (Å²) in [6.45, 7) is 0. The molecule has 2 aromatic rings. The Labute approximate surface area is 114 Å². The van der Waals surface area contributed by atoms with Gasteiger partial charge in [-0.05, 0) is 24.0 Å². The topological polar surface area (TPSA) is 66.2 Å². The van der Waals surface area contributed by atoms with Crippen LogP contribution >= 0.6 is 0 Å². The molecule has 1 aromatic heterocycles. The predicted molar refractivity (Wildman–Crippen MR) is 70.7 cm³/mol. The Morgan fingerprint density at radius 1 is 1.37 bits per heavy atom. The summed E-state index contributed by atoms with van der Waals surface area (Å²) in [5.74, 6) is 0.672. The fourth-order valence-corrected chi connectivity index (χ4v) is 2.94. The number of carbonyl (C=O) groups is 1. The monoisotopic (exact) mass is 275 g/mol. The van der Waals surface area contributed by atoms with Crippen molar-refractivity contribution in [2.45, 2.75) is 23.7 Å². The van der Waals surface area contributed by atoms with Crippen molar-refractivity contribution in [1.82, 2.24) is 5.16 Å². The molecular formula is C14H13NO3S. The van der Waals surface area contributed by atoms with E-state index >= 15 is 0 Å². The summed E-state index contributed by atoms with van der Waals surface area (Å²) in [6.07, 6.45) is 3.58. The molecule has 1 unspecified atom stereocenters. The molecule has 0 N–H and O–H groups in total. The van der Waals surface area contributed by atoms with Crippen molar-refractivity contribution in [1.29, 1.82) is 0 Å². The number of rotatable bonds is 4. The third kappa shape index (κ3) is 2.31. The van der Waals surface area contributed by atoms with Gasteiger partial charge in [0.1, 0.15) is 6.26 Å². The Bertz CT molecular complexity index is 602. The van der Waals surface area contributed by atoms with Gasteiger partial charge in [-0.1, -0.05) is 35.5 Å². The molecule has 0 amide bonds. The molecule has 1 atom stereocenters. The maximum atomic E-state index is 12.4. The minimum Gasteiger partial charge on any atom is -0.611 e. The van der Waals surface area contributed by atoms with E-state index in [1.165, 1.54) is 0 Å². The van der Waals surface area contributed by atoms with Gasteiger partial charge < -0.3 is 9.08 Å². The zero-order chi connectivity index (χ0) is 13.4. The summed E-state index contributed by atoms with van der Waals surface area (Å²) in [5, 5.41) is 3.86. The number of ketones is 1. The Hall–Kier alpha value is -1.59. The Morgan fingerprint density at radius 3 is 2.63 bits per heavy atom. The van der Waals surface area contributed by atoms with Crippen molar-refractivity contribution >= 4 is 17.0 Å². The number of hydrogen-bond donors (Lipinski definition) is 0. The molecular weight excluding hydrogens is 262 g/mol. The normalized spacial score (nSPS) is 16.3. The molecule has 1 aliphatic carbocycles. The summed E-state index contributed by atoms with van der Waals surface area (Å²) in [5.41, 5.74) is 0.721. The second-order valence-electron chi connectivity index (χ2n) is 4.65. The lowest BCUT2D eigenvalue weighted by Gasteiger charge is -2.04. The zero-order valence-corrected chi connectivity index (χ0v) is 11.3. The van der Waals surface area contributed by atoms with Crippen molar-refractivity contribution in [3.05, 3.63) is 47.3 Å². The molecule has 98 valence electrons. The third-order valence-electron chi connectivity index (χ3n) is 3.16. The van der Waals surface area contributed by atoms with Gasteiger partial charge in [0.15, 0.2) is 5.76 Å². The lowest BCUT2D eigenvalue weighted by Crippen LogP contribution is -2.09. The van der Waals surface area contributed by atoms with Crippen LogP contribution in [0, 0.1) is 0 Å². The maximum Gasteiger partial charge on any atom is 0.226 e. The number of carbonyl (C=O) groups excluding carboxylic acids is 1. The highest BCUT2D eigenvalue weighted by Crippen LogP contribution is 2.44. The summed E-state index contributed by atoms with van der Waals surface area (Å²) in [7, 11) is 0. The fourth-order valence-electron chi connectivity index (χ4n) is 2.05. The standard InChI is InChI=1S/C14H13NO3S/c1-19(17)14-11(15-18-13(14)10-7-8-10)12(16)9-5-3-2-4-6-9/h2-6,10H,7-8H2,1H3. The number of nitrogens with zero attached hydrogens (tertiary/aromatic N) is 1. The number of hydrogen-bond acceptors (Lipinski definition) is 4. The van der Waals surface area contributed by atoms with Crippen LogP contribution in [-0.4, -0.2) is 21.7 Å². The molecule has 0 spiro atoms. The summed E-state index contributed by atoms with van der Waals surface area (Å²) in [6, 6.07) is 8.86. The first-order chi connectivity index (χ1) is 9.18. The van der Waals surface area contributed by atoms with Crippen LogP contribution in [0.2, 0.25) is 0 Å². The van der Waals surface area contributed by atoms with E-state index in [9.17, 15) is 9.35 Å². The van der Waals surface area contributed by atoms with E-state index in [4.69, 9.17) is 4.52 Å². The molecule has 1 saturated carbocycles. The molecule has 0 radical (unpaired) electrons. The van der Waals surface area contributed by atoms with E-state index in [-0.39, 0.29) is 17.4 Å². The van der Waals surface area contributed by atoms with E-state index in [1.54, 1.807) is 30.5 Å². The molecule has 4 nitrogen and oxygen atoms in total. The van der Waals surface area contributed by atoms with Crippen LogP contribution < -0.4 is 0 Å². The first kappa shape index (κ1) is 12.4. The lowest BCUT2D eigenvalue weighted by molar-refractivity contribution is 0.102. The van der Waals surface area contributed by atoms with Crippen LogP contribution in [-0.2, 0) is 11.2 Å². The van der Waals surface area contributed by atoms with E-state index in [2.05, 4.69) is 5.16 Å². The third-order valence-corrected chi connectivity index (χ3v) is 4.13. The fraction of sp³-hybridized carbons (Fsp3) is 0.286. The van der Waals surface area contributed by atoms with Crippen LogP contribution in [0.4, 0.5) is 0 Å². The Morgan fingerprint density at radius 2 is 2.05 bits per heavy atom. The highest BCUT2D eigenvalue weighted by atomic mass is 32.2. The summed E-state index contributed by atoms with van der Waals surface area (Å²) in [4.78, 5) is 12.8. The predicted octanol–water partition coefficient (Wildman–Crippen LogP) is 2.52. The van der Waals surface area contributed by atoms with Crippen LogP contribution in [0.15, 0.2) is 39.8 Å². The van der Waals surface area contributed by atoms with Gasteiger partial charge in [0.2, 0.25) is 16.4 Å². The van der Waals surface area contributed by atoms with Gasteiger partial charge >= 0.3 is 0 Å². The highest BCUT2D eigenvalue weighted by molar-refractivity contribution is 7.90. The van der Waals surface area contributed by atoms with Crippen molar-refractivity contribution in [3.8, 4) is 0 Å². The maximum absolute atomic E-state index is 12.4. The summed E-state index contributed by atoms with van der Waals surface area (Å²) >= 11 is -1.27. The largest absolute Gasteiger partial charge is 0.611 e.